The van der Waals surface area contributed by atoms with Gasteiger partial charge in [-0.3, -0.25) is 19.3 Å². The molecule has 0 bridgehead atoms. The largest absolute Gasteiger partial charge is 0.477 e. The molecule has 2 heterocycles. The number of hydrogen-bond donors (Lipinski definition) is 3. The Morgan fingerprint density at radius 3 is 2.44 bits per heavy atom. The topological polar surface area (TPSA) is 151 Å². The Morgan fingerprint density at radius 2 is 1.86 bits per heavy atom. The second-order valence-corrected chi connectivity index (χ2v) is 11.2. The number of fused-ring (bicyclic) bond motifs is 1. The SMILES string of the molecule is CC(=O)OCC1=C(C(=O)O)N2C(=O)C(NC(=O)[C@@H](NC(=O)OCC(Cl)(Cl)Cl)c3ccccc3)[C@@H]2SC1. The van der Waals surface area contributed by atoms with Gasteiger partial charge in [0.1, 0.15) is 36.4 Å². The van der Waals surface area contributed by atoms with Crippen molar-refractivity contribution in [1.29, 1.82) is 0 Å². The summed E-state index contributed by atoms with van der Waals surface area (Å²) in [5.74, 6) is -3.19. The van der Waals surface area contributed by atoms with E-state index < -0.39 is 57.7 Å². The number of esters is 1. The Kier molecular flexibility index (Phi) is 8.98. The Bertz CT molecular complexity index is 1100. The van der Waals surface area contributed by atoms with E-state index in [0.717, 1.165) is 4.90 Å². The number of carboxylic acid groups (broad SMARTS) is 1. The number of halogens is 3. The predicted octanol–water partition coefficient (Wildman–Crippen LogP) is 2.13. The van der Waals surface area contributed by atoms with E-state index in [1.54, 1.807) is 30.3 Å². The average molecular weight is 581 g/mol. The first-order valence-corrected chi connectivity index (χ1v) is 12.5. The molecule has 3 rings (SSSR count). The van der Waals surface area contributed by atoms with Gasteiger partial charge < -0.3 is 25.2 Å². The van der Waals surface area contributed by atoms with Gasteiger partial charge in [0.25, 0.3) is 5.91 Å². The van der Waals surface area contributed by atoms with Crippen LogP contribution in [-0.2, 0) is 28.7 Å². The summed E-state index contributed by atoms with van der Waals surface area (Å²) in [6, 6.07) is 5.83. The zero-order valence-corrected chi connectivity index (χ0v) is 21.6. The van der Waals surface area contributed by atoms with Gasteiger partial charge in [0.15, 0.2) is 0 Å². The number of hydrogen-bond acceptors (Lipinski definition) is 8. The average Bonchev–Trinajstić information content (AvgIpc) is 2.82. The maximum atomic E-state index is 13.1. The summed E-state index contributed by atoms with van der Waals surface area (Å²) in [6.45, 7) is 0.347. The maximum absolute atomic E-state index is 13.1. The van der Waals surface area contributed by atoms with E-state index in [1.807, 2.05) is 0 Å². The number of carbonyl (C=O) groups excluding carboxylic acids is 4. The van der Waals surface area contributed by atoms with Crippen LogP contribution in [0.25, 0.3) is 0 Å². The van der Waals surface area contributed by atoms with E-state index in [1.165, 1.54) is 18.7 Å². The third kappa shape index (κ3) is 6.75. The third-order valence-electron chi connectivity index (χ3n) is 5.02. The van der Waals surface area contributed by atoms with Crippen LogP contribution in [0.15, 0.2) is 41.6 Å². The van der Waals surface area contributed by atoms with Crippen LogP contribution in [0.4, 0.5) is 4.79 Å². The number of carboxylic acids is 1. The highest BCUT2D eigenvalue weighted by atomic mass is 35.6. The molecule has 1 saturated heterocycles. The van der Waals surface area contributed by atoms with Crippen LogP contribution in [0.2, 0.25) is 0 Å². The Hall–Kier alpha value is -2.67. The van der Waals surface area contributed by atoms with Crippen LogP contribution < -0.4 is 10.6 Å². The number of alkyl carbamates (subject to hydrolysis) is 1. The van der Waals surface area contributed by atoms with Crippen molar-refractivity contribution in [2.75, 3.05) is 19.0 Å². The van der Waals surface area contributed by atoms with Crippen LogP contribution in [0.1, 0.15) is 18.5 Å². The van der Waals surface area contributed by atoms with Crippen LogP contribution >= 0.6 is 46.6 Å². The zero-order valence-electron chi connectivity index (χ0n) is 18.5. The molecule has 3 atom stereocenters. The maximum Gasteiger partial charge on any atom is 0.408 e. The van der Waals surface area contributed by atoms with Gasteiger partial charge in [0.05, 0.1) is 0 Å². The molecular formula is C21H20Cl3N3O8S. The second-order valence-electron chi connectivity index (χ2n) is 7.61. The van der Waals surface area contributed by atoms with Gasteiger partial charge in [-0.1, -0.05) is 65.1 Å². The summed E-state index contributed by atoms with van der Waals surface area (Å²) < 4.78 is 7.88. The monoisotopic (exact) mass is 579 g/mol. The van der Waals surface area contributed by atoms with Crippen molar-refractivity contribution in [1.82, 2.24) is 15.5 Å². The van der Waals surface area contributed by atoms with E-state index in [9.17, 15) is 29.1 Å². The molecule has 0 spiro atoms. The molecule has 2 aliphatic heterocycles. The first-order valence-electron chi connectivity index (χ1n) is 10.3. The van der Waals surface area contributed by atoms with E-state index in [4.69, 9.17) is 44.3 Å². The number of thioether (sulfide) groups is 1. The Balaban J connectivity index is 1.74. The van der Waals surface area contributed by atoms with Gasteiger partial charge in [0.2, 0.25) is 9.70 Å². The minimum absolute atomic E-state index is 0.166. The predicted molar refractivity (Wildman–Crippen MR) is 130 cm³/mol. The zero-order chi connectivity index (χ0) is 26.6. The molecule has 2 aliphatic rings. The summed E-state index contributed by atoms with van der Waals surface area (Å²) >= 11 is 17.9. The van der Waals surface area contributed by atoms with Gasteiger partial charge in [-0.25, -0.2) is 9.59 Å². The molecule has 0 radical (unpaired) electrons. The number of benzene rings is 1. The first-order chi connectivity index (χ1) is 16.9. The molecular weight excluding hydrogens is 561 g/mol. The molecule has 36 heavy (non-hydrogen) atoms. The number of alkyl halides is 3. The lowest BCUT2D eigenvalue weighted by atomic mass is 10.0. The van der Waals surface area contributed by atoms with Crippen LogP contribution in [-0.4, -0.2) is 74.0 Å². The first kappa shape index (κ1) is 27.9. The highest BCUT2D eigenvalue weighted by molar-refractivity contribution is 8.00. The fourth-order valence-corrected chi connectivity index (χ4v) is 4.96. The highest BCUT2D eigenvalue weighted by Crippen LogP contribution is 2.40. The van der Waals surface area contributed by atoms with Crippen molar-refractivity contribution in [2.24, 2.45) is 0 Å². The molecule has 0 aliphatic carbocycles. The lowest BCUT2D eigenvalue weighted by Gasteiger charge is -2.49. The quantitative estimate of drug-likeness (QED) is 0.239. The molecule has 15 heteroatoms. The number of β-lactam (4-membered cyclic amide) rings is 1. The standard InChI is InChI=1S/C21H20Cl3N3O8S/c1-10(28)34-7-12-8-36-18-14(17(30)27(18)15(12)19(31)32)25-16(29)13(11-5-3-2-4-6-11)26-20(33)35-9-21(22,23)24/h2-6,13-14,18H,7-9H2,1H3,(H,25,29)(H,26,33)(H,31,32)/t13-,14?,18-/m0/s1. The number of nitrogens with zero attached hydrogens (tertiary/aromatic N) is 1. The molecule has 194 valence electrons. The number of aliphatic carboxylic acids is 1. The molecule has 3 amide bonds. The Morgan fingerprint density at radius 1 is 1.19 bits per heavy atom. The van der Waals surface area contributed by atoms with Crippen LogP contribution in [0, 0.1) is 0 Å². The summed E-state index contributed by atoms with van der Waals surface area (Å²) in [4.78, 5) is 62.2. The molecule has 3 N–H and O–H groups in total. The second kappa shape index (κ2) is 11.6. The number of carbonyl (C=O) groups is 5. The van der Waals surface area contributed by atoms with Crippen molar-refractivity contribution < 1.29 is 38.6 Å². The molecule has 1 aromatic carbocycles. The molecule has 11 nitrogen and oxygen atoms in total. The molecule has 0 saturated carbocycles. The minimum Gasteiger partial charge on any atom is -0.477 e. The number of amides is 3. The van der Waals surface area contributed by atoms with E-state index in [0.29, 0.717) is 5.56 Å². The van der Waals surface area contributed by atoms with Crippen molar-refractivity contribution in [3.05, 3.63) is 47.2 Å². The van der Waals surface area contributed by atoms with Gasteiger partial charge in [-0.05, 0) is 5.56 Å². The van der Waals surface area contributed by atoms with Crippen LogP contribution in [0.5, 0.6) is 0 Å². The normalized spacial score (nSPS) is 20.0. The third-order valence-corrected chi connectivity index (χ3v) is 6.69. The molecule has 1 unspecified atom stereocenters. The van der Waals surface area contributed by atoms with E-state index in [-0.39, 0.29) is 23.6 Å². The number of ether oxygens (including phenoxy) is 2. The molecule has 1 aromatic rings. The molecule has 1 fully saturated rings. The smallest absolute Gasteiger partial charge is 0.408 e. The number of nitrogens with one attached hydrogen (secondary N) is 2. The summed E-state index contributed by atoms with van der Waals surface area (Å²) in [6.07, 6.45) is -1.04. The van der Waals surface area contributed by atoms with Crippen molar-refractivity contribution in [2.45, 2.75) is 28.2 Å². The lowest BCUT2D eigenvalue weighted by molar-refractivity contribution is -0.151. The summed E-state index contributed by atoms with van der Waals surface area (Å²) in [7, 11) is 0. The van der Waals surface area contributed by atoms with Crippen LogP contribution in [0.3, 0.4) is 0 Å². The lowest BCUT2D eigenvalue weighted by Crippen LogP contribution is -2.71. The Labute approximate surface area is 224 Å². The fraction of sp³-hybridized carbons (Fsp3) is 0.381. The molecule has 0 aromatic heterocycles. The van der Waals surface area contributed by atoms with Gasteiger partial charge in [-0.15, -0.1) is 11.8 Å². The van der Waals surface area contributed by atoms with Gasteiger partial charge in [0, 0.05) is 18.2 Å². The van der Waals surface area contributed by atoms with Gasteiger partial charge >= 0.3 is 18.0 Å². The van der Waals surface area contributed by atoms with Crippen molar-refractivity contribution >= 4 is 76.4 Å². The van der Waals surface area contributed by atoms with Crippen molar-refractivity contribution in [3.63, 3.8) is 0 Å². The fourth-order valence-electron chi connectivity index (χ4n) is 3.47. The highest BCUT2D eigenvalue weighted by Gasteiger charge is 2.54. The summed E-state index contributed by atoms with van der Waals surface area (Å²) in [5, 5.41) is 13.9. The number of rotatable bonds is 8. The van der Waals surface area contributed by atoms with Gasteiger partial charge in [-0.2, -0.15) is 0 Å². The van der Waals surface area contributed by atoms with E-state index >= 15 is 0 Å². The summed E-state index contributed by atoms with van der Waals surface area (Å²) in [5.41, 5.74) is 0.358. The van der Waals surface area contributed by atoms with Crippen molar-refractivity contribution in [3.8, 4) is 0 Å². The minimum atomic E-state index is -1.86. The van der Waals surface area contributed by atoms with E-state index in [2.05, 4.69) is 10.6 Å².